The van der Waals surface area contributed by atoms with Crippen LogP contribution in [-0.2, 0) is 17.6 Å². The van der Waals surface area contributed by atoms with Gasteiger partial charge >= 0.3 is 0 Å². The zero-order valence-electron chi connectivity index (χ0n) is 16.7. The van der Waals surface area contributed by atoms with E-state index in [9.17, 15) is 4.79 Å². The van der Waals surface area contributed by atoms with Crippen molar-refractivity contribution < 1.29 is 14.3 Å². The van der Waals surface area contributed by atoms with Gasteiger partial charge in [-0.25, -0.2) is 0 Å². The number of nitrogens with one attached hydrogen (secondary N) is 1. The Labute approximate surface area is 175 Å². The number of fused-ring (bicyclic) bond motifs is 1. The standard InChI is InChI=1S/C21H28N2O3S2/c1-4-16-14-17-21(28-16)27-12-11-23(17)20(24)8-10-22-9-7-15-5-6-18(25-2)19(13-15)26-3/h5-6,13-14,22H,4,7-12H2,1-3H3. The summed E-state index contributed by atoms with van der Waals surface area (Å²) < 4.78 is 11.9. The third-order valence-electron chi connectivity index (χ3n) is 4.77. The summed E-state index contributed by atoms with van der Waals surface area (Å²) in [4.78, 5) is 16.0. The SMILES string of the molecule is CCc1cc2c(s1)SCCN2C(=O)CCNCCc1ccc(OC)c(OC)c1. The quantitative estimate of drug-likeness (QED) is 0.622. The predicted octanol–water partition coefficient (Wildman–Crippen LogP) is 3.99. The third-order valence-corrected chi connectivity index (χ3v) is 7.30. The van der Waals surface area contributed by atoms with Gasteiger partial charge in [0.15, 0.2) is 11.5 Å². The number of carbonyl (C=O) groups is 1. The minimum Gasteiger partial charge on any atom is -0.493 e. The minimum atomic E-state index is 0.209. The second-order valence-corrected chi connectivity index (χ2v) is 9.07. The first-order valence-electron chi connectivity index (χ1n) is 9.63. The van der Waals surface area contributed by atoms with Crippen LogP contribution in [0.4, 0.5) is 5.69 Å². The lowest BCUT2D eigenvalue weighted by Gasteiger charge is -2.26. The maximum absolute atomic E-state index is 12.7. The van der Waals surface area contributed by atoms with Gasteiger partial charge in [-0.2, -0.15) is 0 Å². The van der Waals surface area contributed by atoms with Gasteiger partial charge in [0.25, 0.3) is 0 Å². The van der Waals surface area contributed by atoms with Crippen LogP contribution in [0.2, 0.25) is 0 Å². The van der Waals surface area contributed by atoms with Gasteiger partial charge in [-0.1, -0.05) is 13.0 Å². The Morgan fingerprint density at radius 3 is 2.75 bits per heavy atom. The zero-order chi connectivity index (χ0) is 19.9. The van der Waals surface area contributed by atoms with Crippen LogP contribution in [0.15, 0.2) is 28.5 Å². The van der Waals surface area contributed by atoms with E-state index in [4.69, 9.17) is 9.47 Å². The molecule has 5 nitrogen and oxygen atoms in total. The number of aryl methyl sites for hydroxylation is 1. The van der Waals surface area contributed by atoms with E-state index in [1.165, 1.54) is 14.6 Å². The van der Waals surface area contributed by atoms with Crippen molar-refractivity contribution in [2.75, 3.05) is 44.5 Å². The van der Waals surface area contributed by atoms with E-state index < -0.39 is 0 Å². The van der Waals surface area contributed by atoms with Crippen LogP contribution in [-0.4, -0.2) is 45.5 Å². The lowest BCUT2D eigenvalue weighted by atomic mass is 10.1. The van der Waals surface area contributed by atoms with Crippen molar-refractivity contribution in [3.63, 3.8) is 0 Å². The van der Waals surface area contributed by atoms with Crippen LogP contribution in [0, 0.1) is 0 Å². The summed E-state index contributed by atoms with van der Waals surface area (Å²) in [5.41, 5.74) is 2.30. The van der Waals surface area contributed by atoms with E-state index in [2.05, 4.69) is 18.3 Å². The number of methoxy groups -OCH3 is 2. The van der Waals surface area contributed by atoms with Gasteiger partial charge in [0.2, 0.25) is 5.91 Å². The van der Waals surface area contributed by atoms with Gasteiger partial charge in [0.1, 0.15) is 0 Å². The average Bonchev–Trinajstić information content (AvgIpc) is 3.16. The van der Waals surface area contributed by atoms with Gasteiger partial charge < -0.3 is 19.7 Å². The van der Waals surface area contributed by atoms with E-state index >= 15 is 0 Å². The molecule has 0 spiro atoms. The average molecular weight is 421 g/mol. The Kier molecular flexibility index (Phi) is 7.65. The summed E-state index contributed by atoms with van der Waals surface area (Å²) in [5, 5.41) is 3.39. The molecule has 0 saturated carbocycles. The number of nitrogens with zero attached hydrogens (tertiary/aromatic N) is 1. The fourth-order valence-corrected chi connectivity index (χ4v) is 5.62. The number of hydrogen-bond acceptors (Lipinski definition) is 6. The van der Waals surface area contributed by atoms with Gasteiger partial charge in [-0.05, 0) is 43.1 Å². The fourth-order valence-electron chi connectivity index (χ4n) is 3.21. The van der Waals surface area contributed by atoms with Crippen molar-refractivity contribution in [1.29, 1.82) is 0 Å². The molecule has 1 aliphatic rings. The summed E-state index contributed by atoms with van der Waals surface area (Å²) in [7, 11) is 3.28. The summed E-state index contributed by atoms with van der Waals surface area (Å²) in [5.74, 6) is 2.68. The lowest BCUT2D eigenvalue weighted by Crippen LogP contribution is -2.36. The van der Waals surface area contributed by atoms with Crippen molar-refractivity contribution in [3.8, 4) is 11.5 Å². The number of anilines is 1. The van der Waals surface area contributed by atoms with Crippen LogP contribution in [0.5, 0.6) is 11.5 Å². The smallest absolute Gasteiger partial charge is 0.228 e. The monoisotopic (exact) mass is 420 g/mol. The molecule has 3 rings (SSSR count). The van der Waals surface area contributed by atoms with Crippen molar-refractivity contribution in [2.45, 2.75) is 30.4 Å². The van der Waals surface area contributed by atoms with Gasteiger partial charge in [0, 0.05) is 30.1 Å². The number of amides is 1. The number of thioether (sulfide) groups is 1. The maximum Gasteiger partial charge on any atom is 0.228 e. The fraction of sp³-hybridized carbons (Fsp3) is 0.476. The van der Waals surface area contributed by atoms with Crippen LogP contribution in [0.25, 0.3) is 0 Å². The normalized spacial score (nSPS) is 13.3. The third kappa shape index (κ3) is 5.01. The largest absolute Gasteiger partial charge is 0.493 e. The minimum absolute atomic E-state index is 0.209. The first-order chi connectivity index (χ1) is 13.7. The summed E-state index contributed by atoms with van der Waals surface area (Å²) in [6, 6.07) is 8.16. The van der Waals surface area contributed by atoms with Crippen LogP contribution >= 0.6 is 23.1 Å². The van der Waals surface area contributed by atoms with Gasteiger partial charge in [-0.3, -0.25) is 4.79 Å². The molecule has 0 bridgehead atoms. The molecule has 2 heterocycles. The molecule has 2 aromatic rings. The number of thiophene rings is 1. The first-order valence-corrected chi connectivity index (χ1v) is 11.4. The van der Waals surface area contributed by atoms with Crippen molar-refractivity contribution in [1.82, 2.24) is 5.32 Å². The number of benzene rings is 1. The second kappa shape index (κ2) is 10.2. The highest BCUT2D eigenvalue weighted by atomic mass is 32.2. The molecular weight excluding hydrogens is 392 g/mol. The van der Waals surface area contributed by atoms with E-state index in [0.717, 1.165) is 48.9 Å². The summed E-state index contributed by atoms with van der Waals surface area (Å²) >= 11 is 3.70. The van der Waals surface area contributed by atoms with Crippen molar-refractivity contribution in [3.05, 3.63) is 34.7 Å². The molecule has 0 atom stereocenters. The van der Waals surface area contributed by atoms with Crippen LogP contribution in [0.3, 0.4) is 0 Å². The highest BCUT2D eigenvalue weighted by molar-refractivity contribution is 8.01. The molecule has 1 aromatic heterocycles. The Hall–Kier alpha value is -1.70. The molecule has 0 radical (unpaired) electrons. The van der Waals surface area contributed by atoms with Gasteiger partial charge in [0.05, 0.1) is 24.1 Å². The summed E-state index contributed by atoms with van der Waals surface area (Å²) in [6.07, 6.45) is 2.43. The Morgan fingerprint density at radius 1 is 1.18 bits per heavy atom. The number of carbonyl (C=O) groups excluding carboxylic acids is 1. The van der Waals surface area contributed by atoms with E-state index in [0.29, 0.717) is 13.0 Å². The topological polar surface area (TPSA) is 50.8 Å². The molecule has 1 amide bonds. The number of ether oxygens (including phenoxy) is 2. The molecule has 1 aromatic carbocycles. The van der Waals surface area contributed by atoms with Crippen LogP contribution in [0.1, 0.15) is 23.8 Å². The Morgan fingerprint density at radius 2 is 2.00 bits per heavy atom. The molecule has 28 heavy (non-hydrogen) atoms. The Bertz CT molecular complexity index is 807. The second-order valence-electron chi connectivity index (χ2n) is 6.57. The lowest BCUT2D eigenvalue weighted by molar-refractivity contribution is -0.118. The molecule has 1 N–H and O–H groups in total. The number of hydrogen-bond donors (Lipinski definition) is 1. The molecule has 1 aliphatic heterocycles. The van der Waals surface area contributed by atoms with Crippen molar-refractivity contribution >= 4 is 34.7 Å². The number of rotatable bonds is 9. The van der Waals surface area contributed by atoms with Gasteiger partial charge in [-0.15, -0.1) is 23.1 Å². The molecule has 0 aliphatic carbocycles. The molecule has 7 heteroatoms. The van der Waals surface area contributed by atoms with E-state index in [-0.39, 0.29) is 5.91 Å². The maximum atomic E-state index is 12.7. The molecule has 0 saturated heterocycles. The highest BCUT2D eigenvalue weighted by Crippen LogP contribution is 2.42. The molecular formula is C21H28N2O3S2. The van der Waals surface area contributed by atoms with Crippen LogP contribution < -0.4 is 19.7 Å². The Balaban J connectivity index is 1.45. The zero-order valence-corrected chi connectivity index (χ0v) is 18.4. The highest BCUT2D eigenvalue weighted by Gasteiger charge is 2.24. The van der Waals surface area contributed by atoms with E-state index in [1.807, 2.05) is 46.2 Å². The van der Waals surface area contributed by atoms with Crippen molar-refractivity contribution in [2.24, 2.45) is 0 Å². The molecule has 0 unspecified atom stereocenters. The molecule has 152 valence electrons. The summed E-state index contributed by atoms with van der Waals surface area (Å²) in [6.45, 7) is 4.48. The molecule has 0 fully saturated rings. The van der Waals surface area contributed by atoms with E-state index in [1.54, 1.807) is 14.2 Å². The predicted molar refractivity (Wildman–Crippen MR) is 118 cm³/mol. The first kappa shape index (κ1) is 21.0.